The molecule has 0 radical (unpaired) electrons. The molecule has 0 aliphatic rings. The van der Waals surface area contributed by atoms with Gasteiger partial charge in [0.2, 0.25) is 0 Å². The van der Waals surface area contributed by atoms with Crippen LogP contribution in [0, 0.1) is 48.7 Å². The molecule has 0 aromatic carbocycles. The highest BCUT2D eigenvalue weighted by Gasteiger charge is 2.81. The van der Waals surface area contributed by atoms with Crippen molar-refractivity contribution in [3.63, 3.8) is 0 Å². The molecular formula is C74H153F25O17. The molecule has 116 heavy (non-hydrogen) atoms. The van der Waals surface area contributed by atoms with Gasteiger partial charge in [-0.2, -0.15) is 110 Å². The monoisotopic (exact) mass is 1790 g/mol. The highest BCUT2D eigenvalue weighted by Crippen LogP contribution is 2.54. The van der Waals surface area contributed by atoms with Crippen LogP contribution in [0.3, 0.4) is 0 Å². The van der Waals surface area contributed by atoms with E-state index < -0.39 is 202 Å². The Kier molecular flexibility index (Phi) is 76.9. The van der Waals surface area contributed by atoms with Gasteiger partial charge >= 0.3 is 60.5 Å². The first-order chi connectivity index (χ1) is 46.5. The zero-order valence-electron chi connectivity index (χ0n) is 60.3. The van der Waals surface area contributed by atoms with E-state index >= 15 is 0 Å². The van der Waals surface area contributed by atoms with E-state index in [0.29, 0.717) is 13.0 Å². The van der Waals surface area contributed by atoms with Gasteiger partial charge in [0.05, 0.1) is 159 Å². The van der Waals surface area contributed by atoms with Gasteiger partial charge < -0.3 is 82.7 Å². The molecule has 42 heteroatoms. The average molecular weight is 1790 g/mol. The predicted octanol–water partition coefficient (Wildman–Crippen LogP) is 20.6. The Bertz CT molecular complexity index is 2220. The molecule has 726 valence electrons. The molecule has 6 unspecified atom stereocenters. The Morgan fingerprint density at radius 3 is 0.534 bits per heavy atom. The van der Waals surface area contributed by atoms with Gasteiger partial charge in [-0.25, -0.2) is 0 Å². The molecule has 0 saturated carbocycles. The minimum Gasteiger partial charge on any atom is -0.396 e. The number of halogens is 25. The number of aliphatic hydroxyl groups is 6. The molecule has 0 aromatic heterocycles. The predicted molar refractivity (Wildman–Crippen MR) is 402 cm³/mol. The van der Waals surface area contributed by atoms with Gasteiger partial charge in [-0.15, -0.1) is 0 Å². The maximum atomic E-state index is 13.6. The third-order valence-corrected chi connectivity index (χ3v) is 14.8. The molecule has 17 nitrogen and oxygen atoms in total. The summed E-state index contributed by atoms with van der Waals surface area (Å²) in [5.41, 5.74) is -8.05. The second-order valence-electron chi connectivity index (χ2n) is 30.4. The molecule has 0 spiro atoms. The maximum absolute atomic E-state index is 13.6. The highest BCUT2D eigenvalue weighted by atomic mass is 19.4. The molecule has 6 N–H and O–H groups in total. The van der Waals surface area contributed by atoms with Crippen LogP contribution < -0.4 is 0 Å². The molecule has 0 aromatic rings. The van der Waals surface area contributed by atoms with Crippen LogP contribution in [0.5, 0.6) is 0 Å². The fraction of sp³-hybridized carbons (Fsp3) is 1.00. The summed E-state index contributed by atoms with van der Waals surface area (Å²) in [6.45, 7) is 8.23. The van der Waals surface area contributed by atoms with Gasteiger partial charge in [0, 0.05) is 55.2 Å². The van der Waals surface area contributed by atoms with E-state index in [1.807, 2.05) is 27.7 Å². The number of alkyl halides is 25. The molecular weight excluding hydrogens is 1640 g/mol. The number of aliphatic hydroxyl groups excluding tert-OH is 6. The summed E-state index contributed by atoms with van der Waals surface area (Å²) in [5.74, 6) is -29.5. The third-order valence-electron chi connectivity index (χ3n) is 14.8. The Morgan fingerprint density at radius 2 is 0.371 bits per heavy atom. The highest BCUT2D eigenvalue weighted by molar-refractivity contribution is 5.00. The second-order valence-corrected chi connectivity index (χ2v) is 30.4. The van der Waals surface area contributed by atoms with Crippen LogP contribution in [-0.2, 0) is 52.1 Å². The molecule has 0 amide bonds. The van der Waals surface area contributed by atoms with Gasteiger partial charge in [0.25, 0.3) is 0 Å². The summed E-state index contributed by atoms with van der Waals surface area (Å²) in [5, 5.41) is 56.9. The molecule has 6 atom stereocenters. The van der Waals surface area contributed by atoms with Crippen LogP contribution in [0.2, 0.25) is 0 Å². The lowest BCUT2D eigenvalue weighted by atomic mass is 9.89. The van der Waals surface area contributed by atoms with Crippen LogP contribution in [0.4, 0.5) is 110 Å². The minimum absolute atomic E-state index is 0. The number of hydrogen-bond donors (Lipinski definition) is 6. The fourth-order valence-electron chi connectivity index (χ4n) is 7.42. The summed E-state index contributed by atoms with van der Waals surface area (Å²) >= 11 is 0. The maximum Gasteiger partial charge on any atom is 0.460 e. The second kappa shape index (κ2) is 60.2. The van der Waals surface area contributed by atoms with Crippen molar-refractivity contribution in [3.05, 3.63) is 0 Å². The van der Waals surface area contributed by atoms with Crippen molar-refractivity contribution in [2.45, 2.75) is 252 Å². The lowest BCUT2D eigenvalue weighted by molar-refractivity contribution is -0.397. The molecule has 0 saturated heterocycles. The van der Waals surface area contributed by atoms with E-state index in [2.05, 4.69) is 18.9 Å². The first-order valence-corrected chi connectivity index (χ1v) is 31.7. The van der Waals surface area contributed by atoms with E-state index in [9.17, 15) is 140 Å². The van der Waals surface area contributed by atoms with Crippen molar-refractivity contribution in [3.8, 4) is 0 Å². The summed E-state index contributed by atoms with van der Waals surface area (Å²) in [6.07, 6.45) is -28.8. The van der Waals surface area contributed by atoms with Gasteiger partial charge in [-0.1, -0.05) is 179 Å². The van der Waals surface area contributed by atoms with E-state index in [0.717, 1.165) is 0 Å². The van der Waals surface area contributed by atoms with Crippen molar-refractivity contribution >= 4 is 0 Å². The SMILES string of the molecule is C.C.C.C.C.C.C.C.C.C.C.C.CC(C)(COCC(C)(CO)COCC(F)(F)C(F)(F)F)COCC(C)(CO)COCC(F)(F)C(F)(F)F.CC(C)(COCC(C)(CO)COCC(F)(F)F)COCC(C)(CO)COCC(F)(F)F.CCC(C)(CO)COCC(C)(C)COCC(C)(CO)COCCC(F)(F)C(F)(F)C(F)(F)C(F)(F)F. The van der Waals surface area contributed by atoms with E-state index in [1.54, 1.807) is 27.7 Å². The standard InChI is InChI=1S/C22H37F9O5.C21H34F10O6.C19H34F6O6.12CH4/c1-6-17(4,9-32)13-35-11-16(2,3)12-36-15-18(5,10-33)14-34-8-7-19(23,24)20(25,26)21(27,28)22(29,30)31;1-15(2,7-34-9-16(3,5-32)11-36-13-18(22,23)20(26,27)28)8-35-10-17(4,6-33)12-37-14-19(24,25)21(29,30)31;1-15(2,7-28-9-16(3,5-26)11-30-13-18(20,21)22)8-29-10-17(4,6-27)12-31-14-19(23,24)25;;;;;;;;;;;;/h32-33H,6-15H2,1-5H3;32-33H,5-14H2,1-4H3;26-27H,5-14H2,1-4H3;12*1H4. The van der Waals surface area contributed by atoms with Crippen LogP contribution in [0.1, 0.15) is 192 Å². The van der Waals surface area contributed by atoms with Gasteiger partial charge in [-0.05, 0) is 6.42 Å². The summed E-state index contributed by atoms with van der Waals surface area (Å²) in [7, 11) is 0. The first-order valence-electron chi connectivity index (χ1n) is 31.7. The molecule has 0 bridgehead atoms. The average Bonchev–Trinajstić information content (AvgIpc) is 0.744. The third kappa shape index (κ3) is 58.6. The smallest absolute Gasteiger partial charge is 0.396 e. The lowest BCUT2D eigenvalue weighted by Crippen LogP contribution is -2.61. The molecule has 0 heterocycles. The van der Waals surface area contributed by atoms with Crippen molar-refractivity contribution in [2.75, 3.05) is 185 Å². The normalized spacial score (nSPS) is 15.7. The minimum atomic E-state index is -6.94. The van der Waals surface area contributed by atoms with Gasteiger partial charge in [0.1, 0.15) is 26.4 Å². The van der Waals surface area contributed by atoms with Crippen molar-refractivity contribution in [1.29, 1.82) is 0 Å². The number of hydrogen-bond acceptors (Lipinski definition) is 17. The Balaban J connectivity index is -0.0000000968. The molecule has 0 aliphatic carbocycles. The molecule has 0 aliphatic heterocycles. The first kappa shape index (κ1) is 148. The zero-order valence-corrected chi connectivity index (χ0v) is 60.3. The van der Waals surface area contributed by atoms with Gasteiger partial charge in [0.15, 0.2) is 0 Å². The van der Waals surface area contributed by atoms with E-state index in [1.165, 1.54) is 34.6 Å². The Labute approximate surface area is 677 Å². The quantitative estimate of drug-likeness (QED) is 0.0246. The molecule has 0 fully saturated rings. The van der Waals surface area contributed by atoms with Crippen molar-refractivity contribution < 1.29 is 193 Å². The summed E-state index contributed by atoms with van der Waals surface area (Å²) < 4.78 is 370. The Hall–Kier alpha value is -2.43. The number of ether oxygens (including phenoxy) is 11. The van der Waals surface area contributed by atoms with Crippen molar-refractivity contribution in [2.24, 2.45) is 48.7 Å². The van der Waals surface area contributed by atoms with Crippen LogP contribution in [0.15, 0.2) is 0 Å². The molecule has 0 rings (SSSR count). The van der Waals surface area contributed by atoms with E-state index in [4.69, 9.17) is 33.2 Å². The number of rotatable bonds is 52. The lowest BCUT2D eigenvalue weighted by Gasteiger charge is -2.34. The van der Waals surface area contributed by atoms with Crippen LogP contribution in [0.25, 0.3) is 0 Å². The summed E-state index contributed by atoms with van der Waals surface area (Å²) in [4.78, 5) is 0. The van der Waals surface area contributed by atoms with Crippen LogP contribution >= 0.6 is 0 Å². The largest absolute Gasteiger partial charge is 0.460 e. The van der Waals surface area contributed by atoms with Crippen LogP contribution in [-0.4, -0.2) is 276 Å². The van der Waals surface area contributed by atoms with Gasteiger partial charge in [-0.3, -0.25) is 0 Å². The van der Waals surface area contributed by atoms with Crippen molar-refractivity contribution in [1.82, 2.24) is 0 Å². The Morgan fingerprint density at radius 1 is 0.198 bits per heavy atom. The summed E-state index contributed by atoms with van der Waals surface area (Å²) in [6, 6.07) is 0. The fourth-order valence-corrected chi connectivity index (χ4v) is 7.42. The van der Waals surface area contributed by atoms with E-state index in [-0.39, 0.29) is 182 Å². The zero-order chi connectivity index (χ0) is 82.5. The topological polar surface area (TPSA) is 223 Å².